The van der Waals surface area contributed by atoms with Gasteiger partial charge in [0, 0.05) is 24.0 Å². The van der Waals surface area contributed by atoms with Crippen LogP contribution in [0.15, 0.2) is 18.3 Å². The maximum absolute atomic E-state index is 10.2. The van der Waals surface area contributed by atoms with Crippen LogP contribution >= 0.6 is 0 Å². The van der Waals surface area contributed by atoms with Crippen molar-refractivity contribution in [3.63, 3.8) is 0 Å². The monoisotopic (exact) mass is 182 g/mol. The zero-order valence-corrected chi connectivity index (χ0v) is 8.15. The average molecular weight is 182 g/mol. The summed E-state index contributed by atoms with van der Waals surface area (Å²) in [5.41, 5.74) is 0.857. The van der Waals surface area contributed by atoms with E-state index in [1.54, 1.807) is 0 Å². The van der Waals surface area contributed by atoms with Gasteiger partial charge in [0.05, 0.1) is 4.92 Å². The molecule has 4 nitrogen and oxygen atoms in total. The molecule has 72 valence electrons. The molecule has 0 spiro atoms. The smallest absolute Gasteiger partial charge is 0.261 e. The third-order valence-corrected chi connectivity index (χ3v) is 1.37. The lowest BCUT2D eigenvalue weighted by atomic mass is 10.3. The van der Waals surface area contributed by atoms with Crippen molar-refractivity contribution in [2.45, 2.75) is 27.2 Å². The fourth-order valence-corrected chi connectivity index (χ4v) is 0.772. The molecule has 0 saturated heterocycles. The van der Waals surface area contributed by atoms with Gasteiger partial charge in [-0.25, -0.2) is 0 Å². The fourth-order valence-electron chi connectivity index (χ4n) is 0.772. The maximum Gasteiger partial charge on any atom is 0.272 e. The van der Waals surface area contributed by atoms with E-state index < -0.39 is 4.92 Å². The molecule has 0 aliphatic heterocycles. The van der Waals surface area contributed by atoms with Gasteiger partial charge in [-0.15, -0.1) is 0 Å². The Balaban J connectivity index is 0.000000671. The van der Waals surface area contributed by atoms with Crippen molar-refractivity contribution >= 4 is 5.69 Å². The highest BCUT2D eigenvalue weighted by molar-refractivity contribution is 5.29. The molecule has 13 heavy (non-hydrogen) atoms. The van der Waals surface area contributed by atoms with Crippen LogP contribution in [0.3, 0.4) is 0 Å². The standard InChI is InChI=1S/C7H8N2O2.C2H6/c1-2-6-5-7(9(10)11)3-4-8-6;1-2/h3-5H,2H2,1H3;1-2H3. The van der Waals surface area contributed by atoms with Gasteiger partial charge in [0.1, 0.15) is 0 Å². The van der Waals surface area contributed by atoms with Gasteiger partial charge >= 0.3 is 0 Å². The molecule has 0 atom stereocenters. The van der Waals surface area contributed by atoms with E-state index in [9.17, 15) is 10.1 Å². The van der Waals surface area contributed by atoms with Gasteiger partial charge in [-0.05, 0) is 6.42 Å². The first kappa shape index (κ1) is 11.6. The Morgan fingerprint density at radius 3 is 2.62 bits per heavy atom. The summed E-state index contributed by atoms with van der Waals surface area (Å²) in [6.07, 6.45) is 2.18. The second-order valence-electron chi connectivity index (χ2n) is 2.12. The van der Waals surface area contributed by atoms with Crippen LogP contribution < -0.4 is 0 Å². The summed E-state index contributed by atoms with van der Waals surface area (Å²) in [5.74, 6) is 0. The van der Waals surface area contributed by atoms with E-state index in [0.717, 1.165) is 12.1 Å². The van der Waals surface area contributed by atoms with Gasteiger partial charge in [0.25, 0.3) is 5.69 Å². The molecule has 0 saturated carbocycles. The number of pyridine rings is 1. The van der Waals surface area contributed by atoms with Crippen molar-refractivity contribution in [1.29, 1.82) is 0 Å². The first-order valence-electron chi connectivity index (χ1n) is 4.33. The second kappa shape index (κ2) is 6.11. The number of hydrogen-bond acceptors (Lipinski definition) is 3. The largest absolute Gasteiger partial charge is 0.272 e. The van der Waals surface area contributed by atoms with Gasteiger partial charge in [0.2, 0.25) is 0 Å². The Kier molecular flexibility index (Phi) is 5.43. The molecule has 0 fully saturated rings. The Labute approximate surface area is 77.8 Å². The summed E-state index contributed by atoms with van der Waals surface area (Å²) < 4.78 is 0. The zero-order valence-electron chi connectivity index (χ0n) is 8.15. The van der Waals surface area contributed by atoms with Crippen molar-refractivity contribution < 1.29 is 4.92 Å². The molecule has 0 N–H and O–H groups in total. The molecule has 1 heterocycles. The minimum atomic E-state index is -0.416. The molecule has 0 aromatic carbocycles. The highest BCUT2D eigenvalue weighted by Crippen LogP contribution is 2.10. The van der Waals surface area contributed by atoms with E-state index in [0.29, 0.717) is 0 Å². The van der Waals surface area contributed by atoms with Crippen LogP contribution in [0, 0.1) is 10.1 Å². The molecule has 0 aliphatic carbocycles. The molecule has 0 bridgehead atoms. The quantitative estimate of drug-likeness (QED) is 0.521. The van der Waals surface area contributed by atoms with E-state index in [4.69, 9.17) is 0 Å². The summed E-state index contributed by atoms with van der Waals surface area (Å²) >= 11 is 0. The Hall–Kier alpha value is -1.45. The van der Waals surface area contributed by atoms with Gasteiger partial charge in [0.15, 0.2) is 0 Å². The Bertz CT molecular complexity index is 274. The van der Waals surface area contributed by atoms with Crippen molar-refractivity contribution in [2.75, 3.05) is 0 Å². The van der Waals surface area contributed by atoms with Crippen LogP contribution in [0.1, 0.15) is 26.5 Å². The highest BCUT2D eigenvalue weighted by Gasteiger charge is 2.04. The molecule has 0 aliphatic rings. The number of aromatic nitrogens is 1. The van der Waals surface area contributed by atoms with Gasteiger partial charge in [-0.2, -0.15) is 0 Å². The SMILES string of the molecule is CC.CCc1cc([N+](=O)[O-])ccn1. The second-order valence-corrected chi connectivity index (χ2v) is 2.12. The van der Waals surface area contributed by atoms with E-state index in [1.165, 1.54) is 18.3 Å². The summed E-state index contributed by atoms with van der Waals surface area (Å²) in [4.78, 5) is 13.8. The van der Waals surface area contributed by atoms with E-state index in [-0.39, 0.29) is 5.69 Å². The zero-order chi connectivity index (χ0) is 10.3. The van der Waals surface area contributed by atoms with Gasteiger partial charge in [-0.3, -0.25) is 15.1 Å². The van der Waals surface area contributed by atoms with Crippen molar-refractivity contribution in [3.05, 3.63) is 34.1 Å². The topological polar surface area (TPSA) is 56.0 Å². The molecule has 1 rings (SSSR count). The number of aryl methyl sites for hydroxylation is 1. The summed E-state index contributed by atoms with van der Waals surface area (Å²) in [7, 11) is 0. The number of nitro groups is 1. The Morgan fingerprint density at radius 2 is 2.15 bits per heavy atom. The fraction of sp³-hybridized carbons (Fsp3) is 0.444. The van der Waals surface area contributed by atoms with Crippen molar-refractivity contribution in [3.8, 4) is 0 Å². The minimum absolute atomic E-state index is 0.108. The van der Waals surface area contributed by atoms with E-state index >= 15 is 0 Å². The third kappa shape index (κ3) is 3.64. The van der Waals surface area contributed by atoms with Crippen LogP contribution in [0.4, 0.5) is 5.69 Å². The first-order chi connectivity index (χ1) is 6.24. The lowest BCUT2D eigenvalue weighted by Gasteiger charge is -1.93. The van der Waals surface area contributed by atoms with Crippen molar-refractivity contribution in [2.24, 2.45) is 0 Å². The number of nitrogens with zero attached hydrogens (tertiary/aromatic N) is 2. The molecule has 1 aromatic heterocycles. The van der Waals surface area contributed by atoms with E-state index in [1.807, 2.05) is 20.8 Å². The summed E-state index contributed by atoms with van der Waals surface area (Å²) in [6.45, 7) is 5.91. The maximum atomic E-state index is 10.2. The summed E-state index contributed by atoms with van der Waals surface area (Å²) in [6, 6.07) is 2.87. The molecule has 4 heteroatoms. The summed E-state index contributed by atoms with van der Waals surface area (Å²) in [5, 5.41) is 10.2. The number of hydrogen-bond donors (Lipinski definition) is 0. The molecular weight excluding hydrogens is 168 g/mol. The first-order valence-corrected chi connectivity index (χ1v) is 4.33. The molecular formula is C9H14N2O2. The van der Waals surface area contributed by atoms with Crippen LogP contribution in [0.2, 0.25) is 0 Å². The lowest BCUT2D eigenvalue weighted by molar-refractivity contribution is -0.385. The minimum Gasteiger partial charge on any atom is -0.261 e. The van der Waals surface area contributed by atoms with Crippen LogP contribution in [-0.2, 0) is 6.42 Å². The lowest BCUT2D eigenvalue weighted by Crippen LogP contribution is -1.91. The van der Waals surface area contributed by atoms with Crippen LogP contribution in [-0.4, -0.2) is 9.91 Å². The number of rotatable bonds is 2. The van der Waals surface area contributed by atoms with Gasteiger partial charge < -0.3 is 0 Å². The van der Waals surface area contributed by atoms with Crippen LogP contribution in [0.5, 0.6) is 0 Å². The van der Waals surface area contributed by atoms with E-state index in [2.05, 4.69) is 4.98 Å². The predicted octanol–water partition coefficient (Wildman–Crippen LogP) is 2.58. The third-order valence-electron chi connectivity index (χ3n) is 1.37. The normalized spacial score (nSPS) is 8.54. The van der Waals surface area contributed by atoms with Crippen LogP contribution in [0.25, 0.3) is 0 Å². The average Bonchev–Trinajstić information content (AvgIpc) is 2.21. The molecule has 0 radical (unpaired) electrons. The van der Waals surface area contributed by atoms with Gasteiger partial charge in [-0.1, -0.05) is 20.8 Å². The molecule has 0 amide bonds. The predicted molar refractivity (Wildman–Crippen MR) is 51.6 cm³/mol. The molecule has 1 aromatic rings. The van der Waals surface area contributed by atoms with Crippen molar-refractivity contribution in [1.82, 2.24) is 4.98 Å². The molecule has 0 unspecified atom stereocenters. The highest BCUT2D eigenvalue weighted by atomic mass is 16.6. The Morgan fingerprint density at radius 1 is 1.54 bits per heavy atom.